The third-order valence-corrected chi connectivity index (χ3v) is 2.28. The highest BCUT2D eigenvalue weighted by molar-refractivity contribution is 5.73. The van der Waals surface area contributed by atoms with Gasteiger partial charge in [-0.25, -0.2) is 9.18 Å². The van der Waals surface area contributed by atoms with Gasteiger partial charge in [-0.1, -0.05) is 0 Å². The second-order valence-corrected chi connectivity index (χ2v) is 4.48. The molecule has 0 aliphatic rings. The lowest BCUT2D eigenvalue weighted by Crippen LogP contribution is -2.21. The van der Waals surface area contributed by atoms with E-state index in [4.69, 9.17) is 30.8 Å². The highest BCUT2D eigenvalue weighted by Gasteiger charge is 2.38. The number of hydrogen-bond acceptors (Lipinski definition) is 5. The molecule has 5 N–H and O–H groups in total. The van der Waals surface area contributed by atoms with Crippen molar-refractivity contribution in [3.8, 4) is 5.75 Å². The van der Waals surface area contributed by atoms with Crippen LogP contribution in [0.3, 0.4) is 0 Å². The van der Waals surface area contributed by atoms with Gasteiger partial charge in [0.2, 0.25) is 0 Å². The lowest BCUT2D eigenvalue weighted by atomic mass is 10.2. The first kappa shape index (κ1) is 20.9. The number of hydrogen-bond donors (Lipinski definition) is 3. The zero-order valence-corrected chi connectivity index (χ0v) is 12.5. The molecule has 0 aromatic heterocycles. The molecule has 0 fully saturated rings. The van der Waals surface area contributed by atoms with Crippen LogP contribution in [0.2, 0.25) is 0 Å². The van der Waals surface area contributed by atoms with Crippen molar-refractivity contribution >= 4 is 11.7 Å². The summed E-state index contributed by atoms with van der Waals surface area (Å²) in [6.07, 6.45) is -5.08. The van der Waals surface area contributed by atoms with E-state index in [9.17, 15) is 17.6 Å². The van der Waals surface area contributed by atoms with Gasteiger partial charge in [-0.3, -0.25) is 0 Å². The summed E-state index contributed by atoms with van der Waals surface area (Å²) in [4.78, 5) is 8.90. The summed E-state index contributed by atoms with van der Waals surface area (Å²) in [7, 11) is 1.44. The summed E-state index contributed by atoms with van der Waals surface area (Å²) in [6.45, 7) is 2.35. The van der Waals surface area contributed by atoms with Crippen molar-refractivity contribution in [1.29, 1.82) is 0 Å². The quantitative estimate of drug-likeness (QED) is 0.557. The molecule has 0 bridgehead atoms. The summed E-state index contributed by atoms with van der Waals surface area (Å²) in [6, 6.07) is 2.69. The summed E-state index contributed by atoms with van der Waals surface area (Å²) in [5, 5.41) is 7.12. The van der Waals surface area contributed by atoms with E-state index in [1.807, 2.05) is 6.92 Å². The molecule has 0 aliphatic carbocycles. The minimum absolute atomic E-state index is 0.0707. The number of ether oxygens (including phenoxy) is 2. The number of carbonyl (C=O) groups is 1. The van der Waals surface area contributed by atoms with Crippen LogP contribution in [0.4, 0.5) is 23.2 Å². The van der Waals surface area contributed by atoms with Crippen LogP contribution in [-0.4, -0.2) is 37.0 Å². The molecule has 0 aliphatic heterocycles. The minimum Gasteiger partial charge on any atom is -0.494 e. The van der Waals surface area contributed by atoms with Crippen LogP contribution in [0, 0.1) is 5.82 Å². The van der Waals surface area contributed by atoms with Crippen molar-refractivity contribution in [1.82, 2.24) is 0 Å². The molecule has 1 aromatic rings. The van der Waals surface area contributed by atoms with Gasteiger partial charge in [-0.15, -0.1) is 0 Å². The Balaban J connectivity index is 0.000000585. The Hall–Kier alpha value is -2.07. The van der Waals surface area contributed by atoms with Crippen molar-refractivity contribution in [2.45, 2.75) is 25.7 Å². The van der Waals surface area contributed by atoms with Crippen molar-refractivity contribution in [3.63, 3.8) is 0 Å². The molecule has 132 valence electrons. The normalized spacial score (nSPS) is 12.1. The first-order chi connectivity index (χ1) is 10.5. The first-order valence-electron chi connectivity index (χ1n) is 6.24. The van der Waals surface area contributed by atoms with Gasteiger partial charge in [0, 0.05) is 17.7 Å². The standard InChI is InChI=1S/C11H17FN2O2.C2HF3O2/c1-7(13)5-16-6-8-3-10(14)11(15-2)4-9(8)12;3-2(4,5)1(6)7/h3-4,7H,5-6,13-14H2,1-2H3;(H,6,7). The fourth-order valence-electron chi connectivity index (χ4n) is 1.26. The monoisotopic (exact) mass is 342 g/mol. The highest BCUT2D eigenvalue weighted by atomic mass is 19.4. The fourth-order valence-corrected chi connectivity index (χ4v) is 1.26. The molecule has 10 heteroatoms. The van der Waals surface area contributed by atoms with E-state index < -0.39 is 18.0 Å². The minimum atomic E-state index is -5.08. The molecule has 0 heterocycles. The molecule has 0 amide bonds. The number of halogens is 4. The number of aliphatic carboxylic acids is 1. The number of benzene rings is 1. The zero-order chi connectivity index (χ0) is 18.2. The maximum Gasteiger partial charge on any atom is 0.490 e. The number of nitrogen functional groups attached to an aromatic ring is 1. The Morgan fingerprint density at radius 1 is 1.39 bits per heavy atom. The molecule has 1 rings (SSSR count). The van der Waals surface area contributed by atoms with E-state index >= 15 is 0 Å². The van der Waals surface area contributed by atoms with Gasteiger partial charge in [0.25, 0.3) is 0 Å². The largest absolute Gasteiger partial charge is 0.494 e. The van der Waals surface area contributed by atoms with Gasteiger partial charge in [-0.2, -0.15) is 13.2 Å². The van der Waals surface area contributed by atoms with E-state index in [-0.39, 0.29) is 12.6 Å². The molecule has 1 unspecified atom stereocenters. The van der Waals surface area contributed by atoms with E-state index in [0.717, 1.165) is 0 Å². The van der Waals surface area contributed by atoms with Crippen molar-refractivity contribution in [2.75, 3.05) is 19.5 Å². The Morgan fingerprint density at radius 2 is 1.91 bits per heavy atom. The zero-order valence-electron chi connectivity index (χ0n) is 12.5. The number of anilines is 1. The lowest BCUT2D eigenvalue weighted by Gasteiger charge is -2.10. The number of rotatable bonds is 5. The number of carboxylic acid groups (broad SMARTS) is 1. The van der Waals surface area contributed by atoms with Crippen LogP contribution in [0.25, 0.3) is 0 Å². The Bertz CT molecular complexity index is 521. The van der Waals surface area contributed by atoms with Gasteiger partial charge >= 0.3 is 12.1 Å². The van der Waals surface area contributed by atoms with Crippen LogP contribution in [0.1, 0.15) is 12.5 Å². The van der Waals surface area contributed by atoms with Crippen LogP contribution in [0.15, 0.2) is 12.1 Å². The second-order valence-electron chi connectivity index (χ2n) is 4.48. The first-order valence-corrected chi connectivity index (χ1v) is 6.24. The van der Waals surface area contributed by atoms with Crippen molar-refractivity contribution < 1.29 is 36.9 Å². The van der Waals surface area contributed by atoms with Crippen molar-refractivity contribution in [2.24, 2.45) is 5.73 Å². The summed E-state index contributed by atoms with van der Waals surface area (Å²) in [5.41, 5.74) is 12.0. The van der Waals surface area contributed by atoms with Gasteiger partial charge in [0.15, 0.2) is 0 Å². The average molecular weight is 342 g/mol. The maximum atomic E-state index is 13.5. The molecular weight excluding hydrogens is 324 g/mol. The molecule has 1 atom stereocenters. The third kappa shape index (κ3) is 8.21. The average Bonchev–Trinajstić information content (AvgIpc) is 2.41. The molecule has 0 spiro atoms. The molecule has 6 nitrogen and oxygen atoms in total. The van der Waals surface area contributed by atoms with Crippen LogP contribution in [0.5, 0.6) is 5.75 Å². The van der Waals surface area contributed by atoms with Crippen molar-refractivity contribution in [3.05, 3.63) is 23.5 Å². The van der Waals surface area contributed by atoms with E-state index in [1.54, 1.807) is 0 Å². The highest BCUT2D eigenvalue weighted by Crippen LogP contribution is 2.25. The third-order valence-electron chi connectivity index (χ3n) is 2.28. The fraction of sp³-hybridized carbons (Fsp3) is 0.462. The van der Waals surface area contributed by atoms with Gasteiger partial charge in [-0.05, 0) is 13.0 Å². The van der Waals surface area contributed by atoms with E-state index in [2.05, 4.69) is 0 Å². The lowest BCUT2D eigenvalue weighted by molar-refractivity contribution is -0.192. The molecule has 0 saturated heterocycles. The molecule has 23 heavy (non-hydrogen) atoms. The molecule has 1 aromatic carbocycles. The number of methoxy groups -OCH3 is 1. The number of nitrogens with two attached hydrogens (primary N) is 2. The van der Waals surface area contributed by atoms with Gasteiger partial charge in [0.1, 0.15) is 11.6 Å². The maximum absolute atomic E-state index is 13.5. The smallest absolute Gasteiger partial charge is 0.490 e. The molecule has 0 radical (unpaired) electrons. The van der Waals surface area contributed by atoms with E-state index in [0.29, 0.717) is 23.6 Å². The van der Waals surface area contributed by atoms with Gasteiger partial charge in [0.05, 0.1) is 26.0 Å². The summed E-state index contributed by atoms with van der Waals surface area (Å²) in [5.74, 6) is -2.82. The number of alkyl halides is 3. The predicted molar refractivity (Wildman–Crippen MR) is 74.4 cm³/mol. The van der Waals surface area contributed by atoms with Gasteiger partial charge < -0.3 is 26.0 Å². The summed E-state index contributed by atoms with van der Waals surface area (Å²) >= 11 is 0. The Morgan fingerprint density at radius 3 is 2.30 bits per heavy atom. The molecule has 0 saturated carbocycles. The Kier molecular flexibility index (Phi) is 8.33. The summed E-state index contributed by atoms with van der Waals surface area (Å²) < 4.78 is 55.4. The second kappa shape index (κ2) is 9.16. The Labute approximate surface area is 130 Å². The topological polar surface area (TPSA) is 108 Å². The predicted octanol–water partition coefficient (Wildman–Crippen LogP) is 1.91. The molecular formula is C13H18F4N2O4. The van der Waals surface area contributed by atoms with Crippen LogP contribution >= 0.6 is 0 Å². The van der Waals surface area contributed by atoms with Crippen LogP contribution in [-0.2, 0) is 16.1 Å². The van der Waals surface area contributed by atoms with Crippen LogP contribution < -0.4 is 16.2 Å². The van der Waals surface area contributed by atoms with E-state index in [1.165, 1.54) is 19.2 Å². The SMILES string of the molecule is COc1cc(F)c(COCC(C)N)cc1N.O=C(O)C(F)(F)F. The number of carboxylic acids is 1.